The standard InChI is InChI=1S/C27H31NO4/c29-26(28-17-20-6-5-13-31-18-20)27(11-14-30-15-12-27)16-21-7-1-2-8-22(21)24-19-32-25-10-4-3-9-23(24)25/h1-4,7-10,19-20H,5-6,11-18H2,(H,28,29)/t20-/m1/s1. The molecule has 3 aromatic rings. The number of para-hydroxylation sites is 1. The first-order valence-electron chi connectivity index (χ1n) is 11.7. The molecule has 1 atom stereocenters. The number of amides is 1. The molecule has 0 bridgehead atoms. The van der Waals surface area contributed by atoms with Gasteiger partial charge in [0.25, 0.3) is 0 Å². The van der Waals surface area contributed by atoms with E-state index in [1.165, 1.54) is 5.56 Å². The van der Waals surface area contributed by atoms with Gasteiger partial charge in [0.05, 0.1) is 18.3 Å². The fraction of sp³-hybridized carbons (Fsp3) is 0.444. The van der Waals surface area contributed by atoms with Gasteiger partial charge in [-0.3, -0.25) is 4.79 Å². The van der Waals surface area contributed by atoms with Gasteiger partial charge in [-0.25, -0.2) is 0 Å². The molecule has 2 aliphatic heterocycles. The lowest BCUT2D eigenvalue weighted by Crippen LogP contribution is -2.47. The Morgan fingerprint density at radius 3 is 2.62 bits per heavy atom. The lowest BCUT2D eigenvalue weighted by Gasteiger charge is -2.37. The Labute approximate surface area is 189 Å². The van der Waals surface area contributed by atoms with Crippen LogP contribution in [0.25, 0.3) is 22.1 Å². The highest BCUT2D eigenvalue weighted by Gasteiger charge is 2.40. The van der Waals surface area contributed by atoms with Gasteiger partial charge in [-0.15, -0.1) is 0 Å². The highest BCUT2D eigenvalue weighted by Crippen LogP contribution is 2.39. The first kappa shape index (κ1) is 21.2. The van der Waals surface area contributed by atoms with E-state index in [0.717, 1.165) is 61.0 Å². The molecular formula is C27H31NO4. The zero-order valence-corrected chi connectivity index (χ0v) is 18.5. The molecule has 0 radical (unpaired) electrons. The van der Waals surface area contributed by atoms with Crippen LogP contribution in [0.3, 0.4) is 0 Å². The molecule has 0 unspecified atom stereocenters. The van der Waals surface area contributed by atoms with Gasteiger partial charge in [0.15, 0.2) is 0 Å². The summed E-state index contributed by atoms with van der Waals surface area (Å²) in [6, 6.07) is 16.5. The predicted octanol–water partition coefficient (Wildman–Crippen LogP) is 4.98. The Hall–Kier alpha value is -2.63. The Kier molecular flexibility index (Phi) is 6.28. The van der Waals surface area contributed by atoms with Crippen LogP contribution in [0.1, 0.15) is 31.2 Å². The molecule has 0 aliphatic carbocycles. The van der Waals surface area contributed by atoms with Crippen molar-refractivity contribution in [2.45, 2.75) is 32.1 Å². The van der Waals surface area contributed by atoms with E-state index in [1.54, 1.807) is 0 Å². The molecule has 0 spiro atoms. The summed E-state index contributed by atoms with van der Waals surface area (Å²) in [5.74, 6) is 0.562. The quantitative estimate of drug-likeness (QED) is 0.595. The number of carbonyl (C=O) groups excluding carboxylic acids is 1. The highest BCUT2D eigenvalue weighted by atomic mass is 16.5. The van der Waals surface area contributed by atoms with Crippen LogP contribution >= 0.6 is 0 Å². The van der Waals surface area contributed by atoms with E-state index in [0.29, 0.717) is 32.1 Å². The molecule has 168 valence electrons. The zero-order valence-electron chi connectivity index (χ0n) is 18.5. The summed E-state index contributed by atoms with van der Waals surface area (Å²) in [4.78, 5) is 13.6. The van der Waals surface area contributed by atoms with E-state index in [2.05, 4.69) is 35.6 Å². The lowest BCUT2D eigenvalue weighted by atomic mass is 9.73. The Morgan fingerprint density at radius 1 is 0.969 bits per heavy atom. The molecule has 1 amide bonds. The number of fused-ring (bicyclic) bond motifs is 1. The molecule has 2 fully saturated rings. The minimum Gasteiger partial charge on any atom is -0.464 e. The third-order valence-electron chi connectivity index (χ3n) is 7.05. The molecule has 0 saturated carbocycles. The van der Waals surface area contributed by atoms with E-state index >= 15 is 0 Å². The van der Waals surface area contributed by atoms with Crippen molar-refractivity contribution in [1.82, 2.24) is 5.32 Å². The van der Waals surface area contributed by atoms with Crippen LogP contribution in [0.2, 0.25) is 0 Å². The van der Waals surface area contributed by atoms with Gasteiger partial charge in [-0.2, -0.15) is 0 Å². The summed E-state index contributed by atoms with van der Waals surface area (Å²) in [5.41, 5.74) is 3.82. The first-order chi connectivity index (χ1) is 15.8. The summed E-state index contributed by atoms with van der Waals surface area (Å²) in [5, 5.41) is 4.37. The number of carbonyl (C=O) groups is 1. The van der Waals surface area contributed by atoms with Crippen LogP contribution in [0.15, 0.2) is 59.2 Å². The van der Waals surface area contributed by atoms with Gasteiger partial charge < -0.3 is 19.2 Å². The molecule has 1 aromatic heterocycles. The SMILES string of the molecule is O=C(NC[C@H]1CCCOC1)C1(Cc2ccccc2-c2coc3ccccc23)CCOCC1. The Balaban J connectivity index is 1.41. The topological polar surface area (TPSA) is 60.7 Å². The second-order valence-electron chi connectivity index (χ2n) is 9.17. The molecule has 5 rings (SSSR count). The molecule has 5 nitrogen and oxygen atoms in total. The summed E-state index contributed by atoms with van der Waals surface area (Å²) < 4.78 is 17.1. The van der Waals surface area contributed by atoms with Crippen LogP contribution < -0.4 is 5.32 Å². The van der Waals surface area contributed by atoms with E-state index in [1.807, 2.05) is 24.5 Å². The van der Waals surface area contributed by atoms with Crippen molar-refractivity contribution in [1.29, 1.82) is 0 Å². The fourth-order valence-electron chi connectivity index (χ4n) is 5.13. The molecule has 32 heavy (non-hydrogen) atoms. The molecule has 1 N–H and O–H groups in total. The van der Waals surface area contributed by atoms with Gasteiger partial charge in [0.2, 0.25) is 5.91 Å². The number of ether oxygens (including phenoxy) is 2. The van der Waals surface area contributed by atoms with Crippen LogP contribution in [-0.2, 0) is 20.7 Å². The maximum Gasteiger partial charge on any atom is 0.226 e. The summed E-state index contributed by atoms with van der Waals surface area (Å²) in [7, 11) is 0. The van der Waals surface area contributed by atoms with Gasteiger partial charge >= 0.3 is 0 Å². The molecule has 5 heteroatoms. The van der Waals surface area contributed by atoms with Gasteiger partial charge in [-0.1, -0.05) is 42.5 Å². The van der Waals surface area contributed by atoms with Crippen molar-refractivity contribution in [2.24, 2.45) is 11.3 Å². The maximum atomic E-state index is 13.6. The van der Waals surface area contributed by atoms with E-state index in [4.69, 9.17) is 13.9 Å². The largest absolute Gasteiger partial charge is 0.464 e. The van der Waals surface area contributed by atoms with Crippen molar-refractivity contribution in [3.8, 4) is 11.1 Å². The summed E-state index contributed by atoms with van der Waals surface area (Å²) >= 11 is 0. The minimum absolute atomic E-state index is 0.151. The van der Waals surface area contributed by atoms with Crippen molar-refractivity contribution >= 4 is 16.9 Å². The van der Waals surface area contributed by atoms with E-state index < -0.39 is 5.41 Å². The smallest absolute Gasteiger partial charge is 0.226 e. The second kappa shape index (κ2) is 9.47. The molecular weight excluding hydrogens is 402 g/mol. The number of hydrogen-bond donors (Lipinski definition) is 1. The Bertz CT molecular complexity index is 1060. The molecule has 3 heterocycles. The fourth-order valence-corrected chi connectivity index (χ4v) is 5.13. The van der Waals surface area contributed by atoms with Crippen molar-refractivity contribution < 1.29 is 18.7 Å². The number of hydrogen-bond acceptors (Lipinski definition) is 4. The number of benzene rings is 2. The van der Waals surface area contributed by atoms with Crippen LogP contribution in [0.4, 0.5) is 0 Å². The van der Waals surface area contributed by atoms with Crippen LogP contribution in [0.5, 0.6) is 0 Å². The van der Waals surface area contributed by atoms with Crippen molar-refractivity contribution in [2.75, 3.05) is 33.0 Å². The third-order valence-corrected chi connectivity index (χ3v) is 7.05. The minimum atomic E-state index is -0.455. The zero-order chi connectivity index (χ0) is 21.8. The monoisotopic (exact) mass is 433 g/mol. The normalized spacial score (nSPS) is 20.8. The van der Waals surface area contributed by atoms with Gasteiger partial charge in [0, 0.05) is 37.3 Å². The second-order valence-corrected chi connectivity index (χ2v) is 9.17. The average molecular weight is 434 g/mol. The average Bonchev–Trinajstić information content (AvgIpc) is 3.28. The van der Waals surface area contributed by atoms with E-state index in [-0.39, 0.29) is 5.91 Å². The highest BCUT2D eigenvalue weighted by molar-refractivity contribution is 5.95. The van der Waals surface area contributed by atoms with E-state index in [9.17, 15) is 4.79 Å². The molecule has 2 aromatic carbocycles. The van der Waals surface area contributed by atoms with Crippen molar-refractivity contribution in [3.63, 3.8) is 0 Å². The van der Waals surface area contributed by atoms with Gasteiger partial charge in [0.1, 0.15) is 5.58 Å². The van der Waals surface area contributed by atoms with Crippen LogP contribution in [-0.4, -0.2) is 38.9 Å². The van der Waals surface area contributed by atoms with Crippen LogP contribution in [0, 0.1) is 11.3 Å². The van der Waals surface area contributed by atoms with Gasteiger partial charge in [-0.05, 0) is 55.2 Å². The molecule has 2 aliphatic rings. The maximum absolute atomic E-state index is 13.6. The number of nitrogens with one attached hydrogen (secondary N) is 1. The lowest BCUT2D eigenvalue weighted by molar-refractivity contribution is -0.137. The number of rotatable bonds is 6. The predicted molar refractivity (Wildman–Crippen MR) is 124 cm³/mol. The van der Waals surface area contributed by atoms with Crippen molar-refractivity contribution in [3.05, 3.63) is 60.4 Å². The first-order valence-corrected chi connectivity index (χ1v) is 11.7. The summed E-state index contributed by atoms with van der Waals surface area (Å²) in [6.45, 7) is 3.51. The number of furan rings is 1. The Morgan fingerprint density at radius 2 is 1.78 bits per heavy atom. The molecule has 2 saturated heterocycles. The third kappa shape index (κ3) is 4.32. The summed E-state index contributed by atoms with van der Waals surface area (Å²) in [6.07, 6.45) is 6.20.